The molecule has 16 heavy (non-hydrogen) atoms. The Bertz CT molecular complexity index is 394. The maximum Gasteiger partial charge on any atom is 0.270 e. The zero-order valence-corrected chi connectivity index (χ0v) is 9.14. The van der Waals surface area contributed by atoms with E-state index in [9.17, 15) is 14.9 Å². The van der Waals surface area contributed by atoms with Gasteiger partial charge in [-0.15, -0.1) is 11.6 Å². The van der Waals surface area contributed by atoms with Crippen LogP contribution >= 0.6 is 11.6 Å². The van der Waals surface area contributed by atoms with Gasteiger partial charge in [0.25, 0.3) is 5.69 Å². The van der Waals surface area contributed by atoms with Crippen molar-refractivity contribution < 1.29 is 14.5 Å². The van der Waals surface area contributed by atoms with E-state index in [1.54, 1.807) is 0 Å². The van der Waals surface area contributed by atoms with Crippen molar-refractivity contribution in [2.75, 3.05) is 12.5 Å². The van der Waals surface area contributed by atoms with Crippen molar-refractivity contribution in [1.29, 1.82) is 0 Å². The highest BCUT2D eigenvalue weighted by atomic mass is 35.5. The van der Waals surface area contributed by atoms with Crippen LogP contribution in [0.5, 0.6) is 5.75 Å². The average Bonchev–Trinajstić information content (AvgIpc) is 2.29. The minimum absolute atomic E-state index is 0.133. The molecule has 0 heterocycles. The molecule has 0 radical (unpaired) electrons. The maximum absolute atomic E-state index is 10.7. The normalized spacial score (nSPS) is 9.81. The fraction of sp³-hybridized carbons (Fsp3) is 0.300. The summed E-state index contributed by atoms with van der Waals surface area (Å²) in [4.78, 5) is 20.6. The summed E-state index contributed by atoms with van der Waals surface area (Å²) < 4.78 is 5.26. The fourth-order valence-electron chi connectivity index (χ4n) is 1.11. The molecule has 0 aliphatic carbocycles. The highest BCUT2D eigenvalue weighted by Gasteiger charge is 2.10. The second-order valence-electron chi connectivity index (χ2n) is 2.99. The predicted molar refractivity (Wildman–Crippen MR) is 59.3 cm³/mol. The lowest BCUT2D eigenvalue weighted by Gasteiger charge is -2.06. The lowest BCUT2D eigenvalue weighted by Crippen LogP contribution is -2.01. The summed E-state index contributed by atoms with van der Waals surface area (Å²) >= 11 is 5.47. The van der Waals surface area contributed by atoms with E-state index in [0.29, 0.717) is 30.9 Å². The van der Waals surface area contributed by atoms with Gasteiger partial charge < -0.3 is 4.74 Å². The number of aldehydes is 1. The van der Waals surface area contributed by atoms with Crippen molar-refractivity contribution in [3.05, 3.63) is 33.9 Å². The van der Waals surface area contributed by atoms with Gasteiger partial charge in [-0.1, -0.05) is 0 Å². The molecule has 86 valence electrons. The fourth-order valence-corrected chi connectivity index (χ4v) is 1.22. The van der Waals surface area contributed by atoms with Crippen LogP contribution in [-0.4, -0.2) is 23.7 Å². The van der Waals surface area contributed by atoms with Crippen LogP contribution in [0, 0.1) is 10.1 Å². The van der Waals surface area contributed by atoms with E-state index >= 15 is 0 Å². The molecule has 1 aromatic rings. The number of benzene rings is 1. The lowest BCUT2D eigenvalue weighted by molar-refractivity contribution is -0.384. The Balaban J connectivity index is 2.84. The summed E-state index contributed by atoms with van der Waals surface area (Å²) in [5.41, 5.74) is 0.0376. The molecule has 0 aromatic heterocycles. The summed E-state index contributed by atoms with van der Waals surface area (Å²) in [6.07, 6.45) is 1.18. The van der Waals surface area contributed by atoms with Gasteiger partial charge in [-0.2, -0.15) is 0 Å². The van der Waals surface area contributed by atoms with E-state index in [1.807, 2.05) is 0 Å². The first-order valence-corrected chi connectivity index (χ1v) is 5.15. The Labute approximate surface area is 97.1 Å². The second kappa shape index (κ2) is 6.07. The van der Waals surface area contributed by atoms with Crippen LogP contribution in [0.1, 0.15) is 16.8 Å². The van der Waals surface area contributed by atoms with Gasteiger partial charge >= 0.3 is 0 Å². The number of alkyl halides is 1. The SMILES string of the molecule is O=Cc1cc([N+](=O)[O-])ccc1OCCCCl. The average molecular weight is 244 g/mol. The van der Waals surface area contributed by atoms with E-state index < -0.39 is 4.92 Å². The number of non-ortho nitro benzene ring substituents is 1. The topological polar surface area (TPSA) is 69.4 Å². The Morgan fingerprint density at radius 3 is 2.81 bits per heavy atom. The van der Waals surface area contributed by atoms with Gasteiger partial charge in [0.2, 0.25) is 0 Å². The Morgan fingerprint density at radius 2 is 2.25 bits per heavy atom. The number of nitrogens with zero attached hydrogens (tertiary/aromatic N) is 1. The van der Waals surface area contributed by atoms with E-state index in [2.05, 4.69) is 0 Å². The van der Waals surface area contributed by atoms with Crippen molar-refractivity contribution in [2.45, 2.75) is 6.42 Å². The van der Waals surface area contributed by atoms with Crippen LogP contribution in [0.3, 0.4) is 0 Å². The Kier molecular flexibility index (Phi) is 4.72. The van der Waals surface area contributed by atoms with E-state index in [0.717, 1.165) is 0 Å². The number of nitro benzene ring substituents is 1. The molecule has 0 bridgehead atoms. The van der Waals surface area contributed by atoms with Crippen LogP contribution in [-0.2, 0) is 0 Å². The molecule has 0 fully saturated rings. The molecule has 1 rings (SSSR count). The van der Waals surface area contributed by atoms with Gasteiger partial charge in [-0.25, -0.2) is 0 Å². The van der Waals surface area contributed by atoms with Crippen molar-refractivity contribution in [3.8, 4) is 5.75 Å². The minimum atomic E-state index is -0.560. The highest BCUT2D eigenvalue weighted by molar-refractivity contribution is 6.17. The quantitative estimate of drug-likeness (QED) is 0.253. The molecule has 5 nitrogen and oxygen atoms in total. The standard InChI is InChI=1S/C10H10ClNO4/c11-4-1-5-16-10-3-2-9(12(14)15)6-8(10)7-13/h2-3,6-7H,1,4-5H2. The van der Waals surface area contributed by atoms with Crippen LogP contribution in [0.2, 0.25) is 0 Å². The number of carbonyl (C=O) groups is 1. The molecule has 0 spiro atoms. The highest BCUT2D eigenvalue weighted by Crippen LogP contribution is 2.22. The molecular formula is C10H10ClNO4. The Morgan fingerprint density at radius 1 is 1.50 bits per heavy atom. The largest absolute Gasteiger partial charge is 0.493 e. The zero-order chi connectivity index (χ0) is 12.0. The zero-order valence-electron chi connectivity index (χ0n) is 8.39. The number of carbonyl (C=O) groups excluding carboxylic acids is 1. The van der Waals surface area contributed by atoms with Gasteiger partial charge in [0.15, 0.2) is 6.29 Å². The van der Waals surface area contributed by atoms with Crippen molar-refractivity contribution in [2.24, 2.45) is 0 Å². The van der Waals surface area contributed by atoms with Gasteiger partial charge in [-0.3, -0.25) is 14.9 Å². The molecule has 6 heteroatoms. The van der Waals surface area contributed by atoms with E-state index in [1.165, 1.54) is 18.2 Å². The van der Waals surface area contributed by atoms with E-state index in [-0.39, 0.29) is 11.3 Å². The summed E-state index contributed by atoms with van der Waals surface area (Å²) in [5.74, 6) is 0.800. The van der Waals surface area contributed by atoms with Gasteiger partial charge in [-0.05, 0) is 12.5 Å². The molecular weight excluding hydrogens is 234 g/mol. The third-order valence-corrected chi connectivity index (χ3v) is 2.13. The maximum atomic E-state index is 10.7. The van der Waals surface area contributed by atoms with Crippen LogP contribution in [0.15, 0.2) is 18.2 Å². The molecule has 0 aliphatic rings. The number of nitro groups is 1. The first-order valence-electron chi connectivity index (χ1n) is 4.61. The smallest absolute Gasteiger partial charge is 0.270 e. The van der Waals surface area contributed by atoms with Crippen LogP contribution < -0.4 is 4.74 Å². The number of hydrogen-bond acceptors (Lipinski definition) is 4. The first kappa shape index (κ1) is 12.4. The second-order valence-corrected chi connectivity index (χ2v) is 3.37. The Hall–Kier alpha value is -1.62. The number of hydrogen-bond donors (Lipinski definition) is 0. The molecule has 0 saturated carbocycles. The number of ether oxygens (including phenoxy) is 1. The summed E-state index contributed by atoms with van der Waals surface area (Å²) in [5, 5.41) is 10.5. The van der Waals surface area contributed by atoms with Crippen LogP contribution in [0.25, 0.3) is 0 Å². The molecule has 0 N–H and O–H groups in total. The molecule has 1 aromatic carbocycles. The third-order valence-electron chi connectivity index (χ3n) is 1.87. The molecule has 0 aliphatic heterocycles. The first-order chi connectivity index (χ1) is 7.69. The molecule has 0 unspecified atom stereocenters. The van der Waals surface area contributed by atoms with Gasteiger partial charge in [0.1, 0.15) is 5.75 Å². The van der Waals surface area contributed by atoms with Gasteiger partial charge in [0.05, 0.1) is 17.1 Å². The third kappa shape index (κ3) is 3.20. The number of halogens is 1. The summed E-state index contributed by atoms with van der Waals surface area (Å²) in [6.45, 7) is 0.377. The monoisotopic (exact) mass is 243 g/mol. The van der Waals surface area contributed by atoms with Crippen molar-refractivity contribution >= 4 is 23.6 Å². The number of rotatable bonds is 6. The van der Waals surface area contributed by atoms with Gasteiger partial charge in [0, 0.05) is 18.0 Å². The molecule has 0 saturated heterocycles. The van der Waals surface area contributed by atoms with Crippen molar-refractivity contribution in [1.82, 2.24) is 0 Å². The summed E-state index contributed by atoms with van der Waals surface area (Å²) in [6, 6.07) is 3.89. The molecule has 0 amide bonds. The minimum Gasteiger partial charge on any atom is -0.493 e. The lowest BCUT2D eigenvalue weighted by atomic mass is 10.2. The van der Waals surface area contributed by atoms with Crippen LogP contribution in [0.4, 0.5) is 5.69 Å². The predicted octanol–water partition coefficient (Wildman–Crippen LogP) is 2.42. The molecule has 0 atom stereocenters. The summed E-state index contributed by atoms with van der Waals surface area (Å²) in [7, 11) is 0. The van der Waals surface area contributed by atoms with Crippen molar-refractivity contribution in [3.63, 3.8) is 0 Å². The van der Waals surface area contributed by atoms with E-state index in [4.69, 9.17) is 16.3 Å².